The minimum Gasteiger partial charge on any atom is -0.355 e. The molecule has 1 unspecified atom stereocenters. The molecule has 0 fully saturated rings. The summed E-state index contributed by atoms with van der Waals surface area (Å²) in [6.07, 6.45) is 7.84. The highest BCUT2D eigenvalue weighted by atomic mass is 14.6. The van der Waals surface area contributed by atoms with Crippen molar-refractivity contribution in [3.8, 4) is 0 Å². The number of rotatable bonds is 7. The Kier molecular flexibility index (Phi) is 7.96. The van der Waals surface area contributed by atoms with Crippen LogP contribution < -0.4 is 11.5 Å². The van der Waals surface area contributed by atoms with Crippen LogP contribution in [0.1, 0.15) is 45.4 Å². The number of hydrogen-bond acceptors (Lipinski definition) is 1. The number of hydrogen-bond donors (Lipinski definition) is 2. The molecule has 0 aliphatic rings. The first-order valence-electron chi connectivity index (χ1n) is 4.80. The minimum atomic E-state index is 0.629. The number of quaternary nitrogens is 1. The Morgan fingerprint density at radius 1 is 1.09 bits per heavy atom. The molecule has 2 nitrogen and oxygen atoms in total. The van der Waals surface area contributed by atoms with Gasteiger partial charge in [-0.3, -0.25) is 0 Å². The summed E-state index contributed by atoms with van der Waals surface area (Å²) in [5, 5.41) is 0. The predicted molar refractivity (Wildman–Crippen MR) is 49.1 cm³/mol. The van der Waals surface area contributed by atoms with Crippen LogP contribution in [0, 0.1) is 0 Å². The van der Waals surface area contributed by atoms with Crippen molar-refractivity contribution in [2.75, 3.05) is 6.54 Å². The molecule has 1 atom stereocenters. The van der Waals surface area contributed by atoms with Crippen LogP contribution in [0.5, 0.6) is 0 Å². The minimum absolute atomic E-state index is 0.629. The molecule has 0 aliphatic carbocycles. The molecular formula is C9H23N2+. The lowest BCUT2D eigenvalue weighted by Gasteiger charge is -2.01. The van der Waals surface area contributed by atoms with Gasteiger partial charge in [-0.05, 0) is 32.7 Å². The second-order valence-electron chi connectivity index (χ2n) is 3.45. The van der Waals surface area contributed by atoms with E-state index in [0.29, 0.717) is 6.04 Å². The highest BCUT2D eigenvalue weighted by Gasteiger charge is 1.96. The molecule has 5 N–H and O–H groups in total. The maximum atomic E-state index is 5.38. The Morgan fingerprint density at radius 2 is 1.64 bits per heavy atom. The molecule has 68 valence electrons. The van der Waals surface area contributed by atoms with E-state index in [4.69, 9.17) is 5.73 Å². The van der Waals surface area contributed by atoms with Crippen molar-refractivity contribution in [2.24, 2.45) is 5.73 Å². The van der Waals surface area contributed by atoms with Crippen molar-refractivity contribution < 1.29 is 5.73 Å². The van der Waals surface area contributed by atoms with Gasteiger partial charge in [-0.2, -0.15) is 0 Å². The molecule has 0 radical (unpaired) electrons. The van der Waals surface area contributed by atoms with Crippen molar-refractivity contribution in [3.63, 3.8) is 0 Å². The Labute approximate surface area is 70.3 Å². The van der Waals surface area contributed by atoms with Gasteiger partial charge in [0.25, 0.3) is 0 Å². The lowest BCUT2D eigenvalue weighted by atomic mass is 10.1. The second kappa shape index (κ2) is 8.02. The molecule has 0 rings (SSSR count). The molecule has 0 heterocycles. The van der Waals surface area contributed by atoms with E-state index in [1.165, 1.54) is 38.5 Å². The third kappa shape index (κ3) is 9.92. The van der Waals surface area contributed by atoms with E-state index in [0.717, 1.165) is 6.54 Å². The summed E-state index contributed by atoms with van der Waals surface area (Å²) in [6.45, 7) is 3.03. The fourth-order valence-electron chi connectivity index (χ4n) is 1.17. The van der Waals surface area contributed by atoms with Crippen LogP contribution in [-0.2, 0) is 0 Å². The molecule has 0 aromatic heterocycles. The third-order valence-corrected chi connectivity index (χ3v) is 1.90. The Bertz CT molecular complexity index is 72.0. The molecule has 11 heavy (non-hydrogen) atoms. The lowest BCUT2D eigenvalue weighted by molar-refractivity contribution is -0.415. The molecule has 0 aromatic carbocycles. The van der Waals surface area contributed by atoms with E-state index in [9.17, 15) is 0 Å². The SMILES string of the molecule is CC([NH3+])CCCCCCCN. The van der Waals surface area contributed by atoms with E-state index in [-0.39, 0.29) is 0 Å². The summed E-state index contributed by atoms with van der Waals surface area (Å²) in [6, 6.07) is 0.629. The molecule has 2 heteroatoms. The van der Waals surface area contributed by atoms with Gasteiger partial charge < -0.3 is 11.5 Å². The van der Waals surface area contributed by atoms with Crippen molar-refractivity contribution in [2.45, 2.75) is 51.5 Å². The van der Waals surface area contributed by atoms with Crippen molar-refractivity contribution in [3.05, 3.63) is 0 Å². The summed E-state index contributed by atoms with van der Waals surface area (Å²) in [4.78, 5) is 0. The summed E-state index contributed by atoms with van der Waals surface area (Å²) in [5.74, 6) is 0. The van der Waals surface area contributed by atoms with Gasteiger partial charge in [0, 0.05) is 0 Å². The van der Waals surface area contributed by atoms with E-state index in [2.05, 4.69) is 12.7 Å². The van der Waals surface area contributed by atoms with E-state index in [1.807, 2.05) is 0 Å². The molecule has 0 bridgehead atoms. The molecular weight excluding hydrogens is 136 g/mol. The normalized spacial score (nSPS) is 13.4. The monoisotopic (exact) mass is 159 g/mol. The Balaban J connectivity index is 2.80. The second-order valence-corrected chi connectivity index (χ2v) is 3.45. The van der Waals surface area contributed by atoms with Gasteiger partial charge in [0.05, 0.1) is 6.04 Å². The van der Waals surface area contributed by atoms with Gasteiger partial charge >= 0.3 is 0 Å². The largest absolute Gasteiger partial charge is 0.355 e. The van der Waals surface area contributed by atoms with Gasteiger partial charge in [-0.25, -0.2) is 0 Å². The molecule has 0 saturated heterocycles. The zero-order valence-electron chi connectivity index (χ0n) is 7.81. The van der Waals surface area contributed by atoms with Gasteiger partial charge in [0.2, 0.25) is 0 Å². The highest BCUT2D eigenvalue weighted by molar-refractivity contribution is 4.48. The van der Waals surface area contributed by atoms with Crippen LogP contribution in [0.2, 0.25) is 0 Å². The van der Waals surface area contributed by atoms with E-state index in [1.54, 1.807) is 0 Å². The van der Waals surface area contributed by atoms with Crippen molar-refractivity contribution >= 4 is 0 Å². The Hall–Kier alpha value is -0.0800. The van der Waals surface area contributed by atoms with Crippen LogP contribution in [-0.4, -0.2) is 12.6 Å². The van der Waals surface area contributed by atoms with E-state index >= 15 is 0 Å². The lowest BCUT2D eigenvalue weighted by Crippen LogP contribution is -2.58. The Morgan fingerprint density at radius 3 is 2.18 bits per heavy atom. The fourth-order valence-corrected chi connectivity index (χ4v) is 1.17. The van der Waals surface area contributed by atoms with Gasteiger partial charge in [-0.15, -0.1) is 0 Å². The smallest absolute Gasteiger partial charge is 0.0815 e. The van der Waals surface area contributed by atoms with Crippen LogP contribution in [0.4, 0.5) is 0 Å². The zero-order valence-corrected chi connectivity index (χ0v) is 7.81. The van der Waals surface area contributed by atoms with Crippen LogP contribution in [0.15, 0.2) is 0 Å². The average molecular weight is 159 g/mol. The first-order chi connectivity index (χ1) is 5.27. The first-order valence-corrected chi connectivity index (χ1v) is 4.80. The summed E-state index contributed by atoms with van der Waals surface area (Å²) in [7, 11) is 0. The maximum Gasteiger partial charge on any atom is 0.0815 e. The number of nitrogens with two attached hydrogens (primary N) is 1. The third-order valence-electron chi connectivity index (χ3n) is 1.90. The van der Waals surface area contributed by atoms with E-state index < -0.39 is 0 Å². The van der Waals surface area contributed by atoms with Crippen LogP contribution in [0.3, 0.4) is 0 Å². The topological polar surface area (TPSA) is 53.7 Å². The predicted octanol–water partition coefficient (Wildman–Crippen LogP) is 0.916. The highest BCUT2D eigenvalue weighted by Crippen LogP contribution is 2.05. The standard InChI is InChI=1S/C9H22N2/c1-9(11)7-5-3-2-4-6-8-10/h9H,2-8,10-11H2,1H3/p+1. The average Bonchev–Trinajstić information content (AvgIpc) is 1.96. The first kappa shape index (κ1) is 10.9. The number of unbranched alkanes of at least 4 members (excludes halogenated alkanes) is 4. The van der Waals surface area contributed by atoms with Crippen LogP contribution in [0.25, 0.3) is 0 Å². The summed E-state index contributed by atoms with van der Waals surface area (Å²) < 4.78 is 0. The van der Waals surface area contributed by atoms with Gasteiger partial charge in [0.1, 0.15) is 0 Å². The molecule has 0 spiro atoms. The quantitative estimate of drug-likeness (QED) is 0.533. The van der Waals surface area contributed by atoms with Crippen molar-refractivity contribution in [1.82, 2.24) is 0 Å². The molecule has 0 saturated carbocycles. The molecule has 0 amide bonds. The van der Waals surface area contributed by atoms with Crippen LogP contribution >= 0.6 is 0 Å². The zero-order chi connectivity index (χ0) is 8.53. The van der Waals surface area contributed by atoms with Gasteiger partial charge in [-0.1, -0.05) is 19.3 Å². The maximum absolute atomic E-state index is 5.38. The summed E-state index contributed by atoms with van der Waals surface area (Å²) >= 11 is 0. The van der Waals surface area contributed by atoms with Gasteiger partial charge in [0.15, 0.2) is 0 Å². The fraction of sp³-hybridized carbons (Fsp3) is 1.00. The molecule has 0 aromatic rings. The molecule has 0 aliphatic heterocycles. The van der Waals surface area contributed by atoms with Crippen molar-refractivity contribution in [1.29, 1.82) is 0 Å². The summed E-state index contributed by atoms with van der Waals surface area (Å²) in [5.41, 5.74) is 9.33.